The summed E-state index contributed by atoms with van der Waals surface area (Å²) in [5, 5.41) is 2.93. The van der Waals surface area contributed by atoms with E-state index in [9.17, 15) is 9.59 Å². The number of carbonyl (C=O) groups is 2. The number of fused-ring (bicyclic) bond motifs is 4. The summed E-state index contributed by atoms with van der Waals surface area (Å²) in [5.41, 5.74) is 0.268. The van der Waals surface area contributed by atoms with Gasteiger partial charge < -0.3 is 15.0 Å². The second-order valence-electron chi connectivity index (χ2n) is 7.03. The number of nitrogens with zero attached hydrogens (tertiary/aromatic N) is 1. The van der Waals surface area contributed by atoms with E-state index in [-0.39, 0.29) is 17.7 Å². The van der Waals surface area contributed by atoms with Gasteiger partial charge in [0, 0.05) is 25.4 Å². The summed E-state index contributed by atoms with van der Waals surface area (Å²) in [6, 6.07) is 7.76. The molecule has 0 aromatic heterocycles. The summed E-state index contributed by atoms with van der Waals surface area (Å²) in [6.07, 6.45) is 3.86. The predicted octanol–water partition coefficient (Wildman–Crippen LogP) is 2.03. The number of nitrogens with one attached hydrogen (secondary N) is 1. The smallest absolute Gasteiger partial charge is 0.236 e. The minimum atomic E-state index is -0.714. The van der Waals surface area contributed by atoms with Crippen molar-refractivity contribution < 1.29 is 14.3 Å². The number of rotatable bonds is 1. The van der Waals surface area contributed by atoms with E-state index in [1.807, 2.05) is 36.1 Å². The van der Waals surface area contributed by atoms with Gasteiger partial charge in [-0.2, -0.15) is 0 Å². The molecule has 1 N–H and O–H groups in total. The molecule has 2 fully saturated rings. The quantitative estimate of drug-likeness (QED) is 0.807. The highest BCUT2D eigenvalue weighted by Gasteiger charge is 2.52. The van der Waals surface area contributed by atoms with Crippen molar-refractivity contribution in [3.63, 3.8) is 0 Å². The molecule has 5 heteroatoms. The van der Waals surface area contributed by atoms with E-state index in [2.05, 4.69) is 5.32 Å². The average Bonchev–Trinajstić information content (AvgIpc) is 2.54. The Morgan fingerprint density at radius 3 is 2.78 bits per heavy atom. The number of carbonyl (C=O) groups excluding carboxylic acids is 2. The van der Waals surface area contributed by atoms with Crippen molar-refractivity contribution in [3.05, 3.63) is 29.8 Å². The Balaban J connectivity index is 1.70. The molecule has 5 nitrogen and oxygen atoms in total. The van der Waals surface area contributed by atoms with Crippen LogP contribution in [0.25, 0.3) is 0 Å². The van der Waals surface area contributed by atoms with E-state index < -0.39 is 11.6 Å². The van der Waals surface area contributed by atoms with Gasteiger partial charge in [-0.25, -0.2) is 0 Å². The summed E-state index contributed by atoms with van der Waals surface area (Å²) in [7, 11) is 0. The second-order valence-corrected chi connectivity index (χ2v) is 7.03. The standard InChI is InChI=1S/C18H22N2O3/c1-18-11-13(12-7-3-4-8-14(12)23-18)15(16(21)19-18)17(22)20-9-5-2-6-10-20/h3-4,7-8,13,15H,2,5-6,9-11H2,1H3,(H,19,21)/t13-,15-,18-/m0/s1. The first-order chi connectivity index (χ1) is 11.1. The van der Waals surface area contributed by atoms with Gasteiger partial charge in [-0.3, -0.25) is 9.59 Å². The number of likely N-dealkylation sites (tertiary alicyclic amines) is 1. The van der Waals surface area contributed by atoms with Gasteiger partial charge in [-0.15, -0.1) is 0 Å². The molecule has 0 spiro atoms. The zero-order valence-electron chi connectivity index (χ0n) is 13.4. The molecular formula is C18H22N2O3. The third-order valence-corrected chi connectivity index (χ3v) is 5.27. The summed E-state index contributed by atoms with van der Waals surface area (Å²) in [5.74, 6) is -0.179. The van der Waals surface area contributed by atoms with E-state index in [1.165, 1.54) is 6.42 Å². The zero-order chi connectivity index (χ0) is 16.0. The van der Waals surface area contributed by atoms with E-state index in [0.29, 0.717) is 6.42 Å². The Labute approximate surface area is 136 Å². The summed E-state index contributed by atoms with van der Waals surface area (Å²) in [6.45, 7) is 3.42. The van der Waals surface area contributed by atoms with Gasteiger partial charge in [0.1, 0.15) is 11.7 Å². The first-order valence-corrected chi connectivity index (χ1v) is 8.46. The van der Waals surface area contributed by atoms with Gasteiger partial charge in [0.2, 0.25) is 11.8 Å². The topological polar surface area (TPSA) is 58.6 Å². The minimum absolute atomic E-state index is 0.0223. The Kier molecular flexibility index (Phi) is 3.32. The van der Waals surface area contributed by atoms with Crippen molar-refractivity contribution in [3.8, 4) is 5.75 Å². The Hall–Kier alpha value is -2.04. The minimum Gasteiger partial charge on any atom is -0.468 e. The van der Waals surface area contributed by atoms with E-state index in [4.69, 9.17) is 4.74 Å². The molecule has 3 aliphatic rings. The van der Waals surface area contributed by atoms with Gasteiger partial charge in [-0.1, -0.05) is 18.2 Å². The van der Waals surface area contributed by atoms with Crippen molar-refractivity contribution in [2.75, 3.05) is 13.1 Å². The van der Waals surface area contributed by atoms with Crippen LogP contribution in [0.2, 0.25) is 0 Å². The number of piperidine rings is 2. The Bertz CT molecular complexity index is 653. The molecule has 1 aromatic rings. The molecule has 0 unspecified atom stereocenters. The SMILES string of the molecule is C[C@@]12C[C@@H](c3ccccc3O1)[C@H](C(=O)N1CCCCC1)C(=O)N2. The fraction of sp³-hybridized carbons (Fsp3) is 0.556. The maximum atomic E-state index is 13.0. The van der Waals surface area contributed by atoms with Gasteiger partial charge in [0.25, 0.3) is 0 Å². The number of amides is 2. The van der Waals surface area contributed by atoms with Crippen molar-refractivity contribution in [2.45, 2.75) is 44.2 Å². The van der Waals surface area contributed by atoms with Crippen LogP contribution in [0.4, 0.5) is 0 Å². The second kappa shape index (κ2) is 5.25. The number of para-hydroxylation sites is 1. The first-order valence-electron chi connectivity index (χ1n) is 8.46. The lowest BCUT2D eigenvalue weighted by molar-refractivity contribution is -0.152. The Morgan fingerprint density at radius 1 is 1.26 bits per heavy atom. The molecule has 3 heterocycles. The normalized spacial score (nSPS) is 32.6. The van der Waals surface area contributed by atoms with Crippen molar-refractivity contribution in [1.82, 2.24) is 10.2 Å². The van der Waals surface area contributed by atoms with Gasteiger partial charge in [0.15, 0.2) is 5.72 Å². The molecule has 1 aromatic carbocycles. The fourth-order valence-electron chi connectivity index (χ4n) is 4.18. The van der Waals surface area contributed by atoms with Crippen LogP contribution >= 0.6 is 0 Å². The van der Waals surface area contributed by atoms with Crippen LogP contribution in [-0.2, 0) is 9.59 Å². The lowest BCUT2D eigenvalue weighted by atomic mass is 9.74. The van der Waals surface area contributed by atoms with Crippen LogP contribution in [-0.4, -0.2) is 35.5 Å². The molecule has 122 valence electrons. The van der Waals surface area contributed by atoms with Gasteiger partial charge in [-0.05, 0) is 37.8 Å². The van der Waals surface area contributed by atoms with Crippen LogP contribution in [0.3, 0.4) is 0 Å². The molecule has 0 radical (unpaired) electrons. The molecular weight excluding hydrogens is 292 g/mol. The molecule has 0 saturated carbocycles. The molecule has 3 atom stereocenters. The summed E-state index contributed by atoms with van der Waals surface area (Å²) >= 11 is 0. The van der Waals surface area contributed by atoms with Crippen LogP contribution in [0.1, 0.15) is 44.1 Å². The van der Waals surface area contributed by atoms with Crippen molar-refractivity contribution >= 4 is 11.8 Å². The van der Waals surface area contributed by atoms with E-state index >= 15 is 0 Å². The number of ether oxygens (including phenoxy) is 1. The monoisotopic (exact) mass is 314 g/mol. The van der Waals surface area contributed by atoms with E-state index in [1.54, 1.807) is 0 Å². The molecule has 4 rings (SSSR count). The zero-order valence-corrected chi connectivity index (χ0v) is 13.4. The number of benzene rings is 1. The van der Waals surface area contributed by atoms with Crippen LogP contribution in [0, 0.1) is 5.92 Å². The maximum Gasteiger partial charge on any atom is 0.236 e. The molecule has 2 bridgehead atoms. The average molecular weight is 314 g/mol. The van der Waals surface area contributed by atoms with Crippen molar-refractivity contribution in [1.29, 1.82) is 0 Å². The van der Waals surface area contributed by atoms with E-state index in [0.717, 1.165) is 37.2 Å². The van der Waals surface area contributed by atoms with Crippen LogP contribution in [0.5, 0.6) is 5.75 Å². The summed E-state index contributed by atoms with van der Waals surface area (Å²) in [4.78, 5) is 27.5. The third-order valence-electron chi connectivity index (χ3n) is 5.27. The lowest BCUT2D eigenvalue weighted by Crippen LogP contribution is -2.63. The number of hydrogen-bond acceptors (Lipinski definition) is 3. The maximum absolute atomic E-state index is 13.0. The largest absolute Gasteiger partial charge is 0.468 e. The predicted molar refractivity (Wildman–Crippen MR) is 84.9 cm³/mol. The summed E-state index contributed by atoms with van der Waals surface area (Å²) < 4.78 is 5.98. The first kappa shape index (κ1) is 14.5. The van der Waals surface area contributed by atoms with Gasteiger partial charge in [0.05, 0.1) is 0 Å². The lowest BCUT2D eigenvalue weighted by Gasteiger charge is -2.47. The molecule has 3 aliphatic heterocycles. The highest BCUT2D eigenvalue weighted by Crippen LogP contribution is 2.47. The number of hydrogen-bond donors (Lipinski definition) is 1. The highest BCUT2D eigenvalue weighted by molar-refractivity contribution is 6.02. The molecule has 2 saturated heterocycles. The Morgan fingerprint density at radius 2 is 2.00 bits per heavy atom. The molecule has 23 heavy (non-hydrogen) atoms. The van der Waals surface area contributed by atoms with Crippen LogP contribution < -0.4 is 10.1 Å². The van der Waals surface area contributed by atoms with Crippen molar-refractivity contribution in [2.24, 2.45) is 5.92 Å². The third kappa shape index (κ3) is 2.38. The van der Waals surface area contributed by atoms with Crippen LogP contribution in [0.15, 0.2) is 24.3 Å². The molecule has 2 amide bonds. The van der Waals surface area contributed by atoms with Gasteiger partial charge >= 0.3 is 0 Å². The fourth-order valence-corrected chi connectivity index (χ4v) is 4.18. The molecule has 0 aliphatic carbocycles. The highest BCUT2D eigenvalue weighted by atomic mass is 16.5.